The topological polar surface area (TPSA) is 112 Å². The molecule has 0 bridgehead atoms. The predicted molar refractivity (Wildman–Crippen MR) is 131 cm³/mol. The zero-order valence-electron chi connectivity index (χ0n) is 18.5. The maximum Gasteiger partial charge on any atom is 0.257 e. The monoisotopic (exact) mass is 500 g/mol. The van der Waals surface area contributed by atoms with Crippen LogP contribution in [0.3, 0.4) is 0 Å². The highest BCUT2D eigenvalue weighted by Crippen LogP contribution is 2.33. The zero-order chi connectivity index (χ0) is 23.8. The second-order valence-corrected chi connectivity index (χ2v) is 9.45. The number of unbranched alkanes of at least 4 members (excludes halogenated alkanes) is 1. The summed E-state index contributed by atoms with van der Waals surface area (Å²) >= 11 is 2.45. The van der Waals surface area contributed by atoms with Gasteiger partial charge in [-0.2, -0.15) is 0 Å². The minimum Gasteiger partial charge on any atom is -0.494 e. The number of carbonyl (C=O) groups excluding carboxylic acids is 2. The number of anilines is 2. The van der Waals surface area contributed by atoms with Gasteiger partial charge in [-0.05, 0) is 42.8 Å². The van der Waals surface area contributed by atoms with Gasteiger partial charge >= 0.3 is 0 Å². The minimum absolute atomic E-state index is 0.149. The van der Waals surface area contributed by atoms with Crippen LogP contribution >= 0.6 is 23.1 Å². The molecule has 0 unspecified atom stereocenters. The lowest BCUT2D eigenvalue weighted by molar-refractivity contribution is -0.113. The second-order valence-electron chi connectivity index (χ2n) is 7.25. The lowest BCUT2D eigenvalue weighted by Gasteiger charge is -2.18. The number of aromatic nitrogens is 2. The second kappa shape index (κ2) is 11.7. The van der Waals surface area contributed by atoms with Crippen molar-refractivity contribution in [2.75, 3.05) is 36.2 Å². The molecule has 2 N–H and O–H groups in total. The summed E-state index contributed by atoms with van der Waals surface area (Å²) in [6.45, 7) is 3.75. The van der Waals surface area contributed by atoms with Gasteiger partial charge in [0.2, 0.25) is 11.0 Å². The third kappa shape index (κ3) is 6.61. The fourth-order valence-corrected chi connectivity index (χ4v) is 4.52. The molecule has 9 nitrogen and oxygen atoms in total. The van der Waals surface area contributed by atoms with Gasteiger partial charge in [-0.1, -0.05) is 36.4 Å². The fourth-order valence-electron chi connectivity index (χ4n) is 2.97. The molecule has 34 heavy (non-hydrogen) atoms. The summed E-state index contributed by atoms with van der Waals surface area (Å²) < 4.78 is 17.2. The van der Waals surface area contributed by atoms with Crippen molar-refractivity contribution in [3.63, 3.8) is 0 Å². The van der Waals surface area contributed by atoms with E-state index in [4.69, 9.17) is 14.2 Å². The molecule has 4 rings (SSSR count). The molecule has 0 saturated carbocycles. The molecule has 178 valence electrons. The molecule has 0 fully saturated rings. The zero-order valence-corrected chi connectivity index (χ0v) is 20.2. The number of hydrogen-bond donors (Lipinski definition) is 2. The van der Waals surface area contributed by atoms with E-state index in [9.17, 15) is 9.59 Å². The molecule has 1 aromatic heterocycles. The number of hydrogen-bond acceptors (Lipinski definition) is 9. The molecule has 1 aliphatic heterocycles. The Morgan fingerprint density at radius 2 is 1.85 bits per heavy atom. The Balaban J connectivity index is 1.24. The van der Waals surface area contributed by atoms with Gasteiger partial charge in [0.05, 0.1) is 12.4 Å². The molecule has 2 amide bonds. The quantitative estimate of drug-likeness (QED) is 0.238. The van der Waals surface area contributed by atoms with Crippen molar-refractivity contribution in [3.8, 4) is 17.2 Å². The number of carbonyl (C=O) groups is 2. The Morgan fingerprint density at radius 3 is 2.65 bits per heavy atom. The Bertz CT molecular complexity index is 1140. The molecule has 2 aromatic carbocycles. The predicted octanol–water partition coefficient (Wildman–Crippen LogP) is 4.47. The van der Waals surface area contributed by atoms with E-state index in [0.29, 0.717) is 52.0 Å². The molecule has 0 spiro atoms. The Hall–Kier alpha value is -3.31. The number of rotatable bonds is 10. The SMILES string of the molecule is CCCCOc1ccc(C(=O)Nc2nnc(SCC(=O)Nc3ccc4c(c3)OCCO4)s2)cc1. The van der Waals surface area contributed by atoms with Crippen LogP contribution in [0.5, 0.6) is 17.2 Å². The highest BCUT2D eigenvalue weighted by molar-refractivity contribution is 8.01. The molecule has 11 heteroatoms. The molecule has 0 saturated heterocycles. The fraction of sp³-hybridized carbons (Fsp3) is 0.304. The van der Waals surface area contributed by atoms with Gasteiger partial charge in [-0.25, -0.2) is 0 Å². The third-order valence-electron chi connectivity index (χ3n) is 4.66. The number of nitrogens with zero attached hydrogens (tertiary/aromatic N) is 2. The largest absolute Gasteiger partial charge is 0.494 e. The van der Waals surface area contributed by atoms with E-state index in [2.05, 4.69) is 27.8 Å². The van der Waals surface area contributed by atoms with Crippen molar-refractivity contribution in [1.29, 1.82) is 0 Å². The lowest BCUT2D eigenvalue weighted by atomic mass is 10.2. The van der Waals surface area contributed by atoms with Crippen LogP contribution in [0.4, 0.5) is 10.8 Å². The molecular formula is C23H24N4O5S2. The van der Waals surface area contributed by atoms with Crippen molar-refractivity contribution in [2.24, 2.45) is 0 Å². The first-order chi connectivity index (χ1) is 16.6. The van der Waals surface area contributed by atoms with Crippen molar-refractivity contribution in [2.45, 2.75) is 24.1 Å². The van der Waals surface area contributed by atoms with Crippen LogP contribution in [-0.2, 0) is 4.79 Å². The van der Waals surface area contributed by atoms with Gasteiger partial charge in [0.25, 0.3) is 5.91 Å². The van der Waals surface area contributed by atoms with Crippen LogP contribution in [-0.4, -0.2) is 47.6 Å². The summed E-state index contributed by atoms with van der Waals surface area (Å²) in [5, 5.41) is 13.9. The Labute approximate surface area is 205 Å². The lowest BCUT2D eigenvalue weighted by Crippen LogP contribution is -2.17. The van der Waals surface area contributed by atoms with Gasteiger partial charge in [0.15, 0.2) is 15.8 Å². The first kappa shape index (κ1) is 23.8. The number of nitrogens with one attached hydrogen (secondary N) is 2. The van der Waals surface area contributed by atoms with E-state index in [-0.39, 0.29) is 17.6 Å². The molecule has 2 heterocycles. The average molecular weight is 501 g/mol. The van der Waals surface area contributed by atoms with Gasteiger partial charge in [-0.3, -0.25) is 14.9 Å². The standard InChI is InChI=1S/C23H24N4O5S2/c1-2-3-10-30-17-7-4-15(5-8-17)21(29)25-22-26-27-23(34-22)33-14-20(28)24-16-6-9-18-19(13-16)32-12-11-31-18/h4-9,13H,2-3,10-12,14H2,1H3,(H,24,28)(H,25,26,29). The van der Waals surface area contributed by atoms with Crippen LogP contribution in [0, 0.1) is 0 Å². The van der Waals surface area contributed by atoms with Crippen LogP contribution < -0.4 is 24.8 Å². The summed E-state index contributed by atoms with van der Waals surface area (Å²) in [5.41, 5.74) is 1.12. The van der Waals surface area contributed by atoms with E-state index >= 15 is 0 Å². The van der Waals surface area contributed by atoms with E-state index in [1.54, 1.807) is 42.5 Å². The smallest absolute Gasteiger partial charge is 0.257 e. The number of thioether (sulfide) groups is 1. The molecular weight excluding hydrogens is 476 g/mol. The van der Waals surface area contributed by atoms with E-state index in [1.165, 1.54) is 23.1 Å². The molecule has 0 aliphatic carbocycles. The summed E-state index contributed by atoms with van der Waals surface area (Å²) in [6.07, 6.45) is 2.05. The summed E-state index contributed by atoms with van der Waals surface area (Å²) in [7, 11) is 0. The minimum atomic E-state index is -0.288. The maximum atomic E-state index is 12.5. The first-order valence-corrected chi connectivity index (χ1v) is 12.6. The Morgan fingerprint density at radius 1 is 1.06 bits per heavy atom. The van der Waals surface area contributed by atoms with Crippen LogP contribution in [0.2, 0.25) is 0 Å². The van der Waals surface area contributed by atoms with Gasteiger partial charge in [-0.15, -0.1) is 10.2 Å². The highest BCUT2D eigenvalue weighted by atomic mass is 32.2. The van der Waals surface area contributed by atoms with E-state index in [1.807, 2.05) is 0 Å². The Kier molecular flexibility index (Phi) is 8.21. The summed E-state index contributed by atoms with van der Waals surface area (Å²) in [4.78, 5) is 24.8. The van der Waals surface area contributed by atoms with E-state index in [0.717, 1.165) is 18.6 Å². The summed E-state index contributed by atoms with van der Waals surface area (Å²) in [6, 6.07) is 12.2. The van der Waals surface area contributed by atoms with Crippen molar-refractivity contribution in [3.05, 3.63) is 48.0 Å². The molecule has 0 atom stereocenters. The summed E-state index contributed by atoms with van der Waals surface area (Å²) in [5.74, 6) is 1.68. The third-order valence-corrected chi connectivity index (χ3v) is 6.63. The molecule has 3 aromatic rings. The number of ether oxygens (including phenoxy) is 3. The molecule has 0 radical (unpaired) electrons. The van der Waals surface area contributed by atoms with Gasteiger partial charge < -0.3 is 19.5 Å². The van der Waals surface area contributed by atoms with Crippen LogP contribution in [0.25, 0.3) is 0 Å². The number of amides is 2. The van der Waals surface area contributed by atoms with Crippen molar-refractivity contribution in [1.82, 2.24) is 10.2 Å². The number of fused-ring (bicyclic) bond motifs is 1. The van der Waals surface area contributed by atoms with E-state index < -0.39 is 0 Å². The highest BCUT2D eigenvalue weighted by Gasteiger charge is 2.15. The van der Waals surface area contributed by atoms with Gasteiger partial charge in [0.1, 0.15) is 19.0 Å². The first-order valence-electron chi connectivity index (χ1n) is 10.8. The van der Waals surface area contributed by atoms with Crippen molar-refractivity contribution >= 4 is 45.7 Å². The van der Waals surface area contributed by atoms with Crippen molar-refractivity contribution < 1.29 is 23.8 Å². The maximum absolute atomic E-state index is 12.5. The van der Waals surface area contributed by atoms with Crippen LogP contribution in [0.15, 0.2) is 46.8 Å². The normalized spacial score (nSPS) is 12.1. The molecule has 1 aliphatic rings. The average Bonchev–Trinajstić information content (AvgIpc) is 3.30. The number of benzene rings is 2. The van der Waals surface area contributed by atoms with Crippen LogP contribution in [0.1, 0.15) is 30.1 Å². The van der Waals surface area contributed by atoms with Gasteiger partial charge in [0, 0.05) is 17.3 Å².